The highest BCUT2D eigenvalue weighted by Gasteiger charge is 2.25. The summed E-state index contributed by atoms with van der Waals surface area (Å²) in [6, 6.07) is 8.35. The number of rotatable bonds is 4. The molecule has 1 aliphatic heterocycles. The van der Waals surface area contributed by atoms with Crippen LogP contribution in [0.25, 0.3) is 0 Å². The Morgan fingerprint density at radius 3 is 2.72 bits per heavy atom. The normalized spacial score (nSPS) is 25.1. The highest BCUT2D eigenvalue weighted by Crippen LogP contribution is 2.34. The van der Waals surface area contributed by atoms with Gasteiger partial charge < -0.3 is 4.74 Å². The lowest BCUT2D eigenvalue weighted by molar-refractivity contribution is 0.173. The van der Waals surface area contributed by atoms with E-state index in [0.29, 0.717) is 10.6 Å². The second-order valence-electron chi connectivity index (χ2n) is 4.68. The molecule has 1 aromatic rings. The third-order valence-corrected chi connectivity index (χ3v) is 4.32. The Morgan fingerprint density at radius 2 is 2.11 bits per heavy atom. The molecule has 1 aliphatic rings. The molecular weight excluding hydrogens is 244 g/mol. The van der Waals surface area contributed by atoms with Gasteiger partial charge in [-0.2, -0.15) is 0 Å². The predicted octanol–water partition coefficient (Wildman–Crippen LogP) is 3.05. The number of thioether (sulfide) groups is 1. The van der Waals surface area contributed by atoms with Gasteiger partial charge in [0.05, 0.1) is 12.5 Å². The highest BCUT2D eigenvalue weighted by molar-refractivity contribution is 8.00. The predicted molar refractivity (Wildman–Crippen MR) is 77.8 cm³/mol. The number of nitrogens with zero attached hydrogens (tertiary/aromatic N) is 1. The van der Waals surface area contributed by atoms with E-state index in [0.717, 1.165) is 18.8 Å². The summed E-state index contributed by atoms with van der Waals surface area (Å²) >= 11 is 1.99. The number of methoxy groups -OCH3 is 1. The van der Waals surface area contributed by atoms with Gasteiger partial charge in [0.15, 0.2) is 0 Å². The lowest BCUT2D eigenvalue weighted by atomic mass is 10.2. The minimum absolute atomic E-state index is 0.353. The van der Waals surface area contributed by atoms with Crippen LogP contribution in [0.1, 0.15) is 31.2 Å². The van der Waals surface area contributed by atoms with Crippen LogP contribution in [0, 0.1) is 0 Å². The van der Waals surface area contributed by atoms with E-state index in [-0.39, 0.29) is 0 Å². The molecule has 0 saturated carbocycles. The van der Waals surface area contributed by atoms with Crippen molar-refractivity contribution in [3.63, 3.8) is 0 Å². The van der Waals surface area contributed by atoms with E-state index < -0.39 is 0 Å². The summed E-state index contributed by atoms with van der Waals surface area (Å²) < 4.78 is 5.20. The number of benzene rings is 1. The van der Waals surface area contributed by atoms with Crippen molar-refractivity contribution >= 4 is 11.8 Å². The SMILES string of the molecule is CCCN1CC(C)SC(c2ccc(OC)cc2)N1. The lowest BCUT2D eigenvalue weighted by Gasteiger charge is -2.37. The Labute approximate surface area is 114 Å². The van der Waals surface area contributed by atoms with Crippen LogP contribution in [0.2, 0.25) is 0 Å². The molecule has 2 rings (SSSR count). The van der Waals surface area contributed by atoms with Crippen molar-refractivity contribution in [1.29, 1.82) is 0 Å². The monoisotopic (exact) mass is 266 g/mol. The van der Waals surface area contributed by atoms with Gasteiger partial charge >= 0.3 is 0 Å². The van der Waals surface area contributed by atoms with Crippen LogP contribution in [0.3, 0.4) is 0 Å². The summed E-state index contributed by atoms with van der Waals surface area (Å²) in [6.07, 6.45) is 1.18. The maximum Gasteiger partial charge on any atom is 0.118 e. The van der Waals surface area contributed by atoms with E-state index in [4.69, 9.17) is 4.74 Å². The molecule has 0 aliphatic carbocycles. The fourth-order valence-corrected chi connectivity index (χ4v) is 3.45. The fraction of sp³-hybridized carbons (Fsp3) is 0.571. The molecular formula is C14H22N2OS. The van der Waals surface area contributed by atoms with Gasteiger partial charge in [0, 0.05) is 18.3 Å². The van der Waals surface area contributed by atoms with E-state index >= 15 is 0 Å². The summed E-state index contributed by atoms with van der Waals surface area (Å²) in [5.74, 6) is 0.915. The minimum atomic E-state index is 0.353. The van der Waals surface area contributed by atoms with E-state index in [1.54, 1.807) is 7.11 Å². The standard InChI is InChI=1S/C14H22N2OS/c1-4-9-16-10-11(2)18-14(15-16)12-5-7-13(17-3)8-6-12/h5-8,11,14-15H,4,9-10H2,1-3H3. The summed E-state index contributed by atoms with van der Waals surface area (Å²) in [5, 5.41) is 3.35. The van der Waals surface area contributed by atoms with E-state index in [9.17, 15) is 0 Å². The van der Waals surface area contributed by atoms with Crippen molar-refractivity contribution in [2.24, 2.45) is 0 Å². The molecule has 100 valence electrons. The van der Waals surface area contributed by atoms with Crippen LogP contribution in [-0.4, -0.2) is 30.5 Å². The Morgan fingerprint density at radius 1 is 1.39 bits per heavy atom. The molecule has 0 spiro atoms. The van der Waals surface area contributed by atoms with Gasteiger partial charge in [0.1, 0.15) is 5.75 Å². The van der Waals surface area contributed by atoms with Gasteiger partial charge in [-0.05, 0) is 24.1 Å². The van der Waals surface area contributed by atoms with Crippen molar-refractivity contribution in [3.05, 3.63) is 29.8 Å². The summed E-state index contributed by atoms with van der Waals surface area (Å²) in [5.41, 5.74) is 4.91. The van der Waals surface area contributed by atoms with Crippen molar-refractivity contribution in [2.45, 2.75) is 30.9 Å². The first-order valence-electron chi connectivity index (χ1n) is 6.53. The molecule has 0 radical (unpaired) electrons. The van der Waals surface area contributed by atoms with Gasteiger partial charge in [-0.15, -0.1) is 11.8 Å². The van der Waals surface area contributed by atoms with Gasteiger partial charge in [-0.25, -0.2) is 10.4 Å². The van der Waals surface area contributed by atoms with Gasteiger partial charge in [0.25, 0.3) is 0 Å². The molecule has 1 aromatic carbocycles. The van der Waals surface area contributed by atoms with Crippen LogP contribution in [-0.2, 0) is 0 Å². The number of hydrogen-bond acceptors (Lipinski definition) is 4. The number of ether oxygens (including phenoxy) is 1. The number of nitrogens with one attached hydrogen (secondary N) is 1. The summed E-state index contributed by atoms with van der Waals surface area (Å²) in [4.78, 5) is 0. The van der Waals surface area contributed by atoms with Gasteiger partial charge in [-0.3, -0.25) is 0 Å². The Hall–Kier alpha value is -0.710. The topological polar surface area (TPSA) is 24.5 Å². The molecule has 1 saturated heterocycles. The van der Waals surface area contributed by atoms with Crippen molar-refractivity contribution in [2.75, 3.05) is 20.2 Å². The number of hydrogen-bond donors (Lipinski definition) is 1. The second kappa shape index (κ2) is 6.45. The summed E-state index contributed by atoms with van der Waals surface area (Å²) in [6.45, 7) is 6.74. The zero-order valence-corrected chi connectivity index (χ0v) is 12.2. The molecule has 0 amide bonds. The van der Waals surface area contributed by atoms with Crippen molar-refractivity contribution in [3.8, 4) is 5.75 Å². The highest BCUT2D eigenvalue weighted by atomic mass is 32.2. The van der Waals surface area contributed by atoms with E-state index in [2.05, 4.69) is 36.4 Å². The zero-order chi connectivity index (χ0) is 13.0. The third-order valence-electron chi connectivity index (χ3n) is 3.06. The van der Waals surface area contributed by atoms with Crippen molar-refractivity contribution in [1.82, 2.24) is 10.4 Å². The maximum atomic E-state index is 5.20. The molecule has 1 heterocycles. The van der Waals surface area contributed by atoms with Crippen LogP contribution < -0.4 is 10.2 Å². The van der Waals surface area contributed by atoms with Crippen LogP contribution in [0.4, 0.5) is 0 Å². The average Bonchev–Trinajstić information content (AvgIpc) is 2.38. The fourth-order valence-electron chi connectivity index (χ4n) is 2.19. The summed E-state index contributed by atoms with van der Waals surface area (Å²) in [7, 11) is 1.70. The Balaban J connectivity index is 2.06. The molecule has 1 fully saturated rings. The van der Waals surface area contributed by atoms with Crippen LogP contribution >= 0.6 is 11.8 Å². The molecule has 2 atom stereocenters. The molecule has 3 nitrogen and oxygen atoms in total. The molecule has 2 unspecified atom stereocenters. The largest absolute Gasteiger partial charge is 0.497 e. The average molecular weight is 266 g/mol. The van der Waals surface area contributed by atoms with Crippen LogP contribution in [0.5, 0.6) is 5.75 Å². The Bertz CT molecular complexity index is 369. The first kappa shape index (κ1) is 13.7. The molecule has 0 aromatic heterocycles. The maximum absolute atomic E-state index is 5.20. The molecule has 0 bridgehead atoms. The first-order chi connectivity index (χ1) is 8.72. The third kappa shape index (κ3) is 3.40. The smallest absolute Gasteiger partial charge is 0.118 e. The molecule has 4 heteroatoms. The van der Waals surface area contributed by atoms with Crippen LogP contribution in [0.15, 0.2) is 24.3 Å². The Kier molecular flexibility index (Phi) is 4.92. The van der Waals surface area contributed by atoms with E-state index in [1.165, 1.54) is 12.0 Å². The molecule has 1 N–H and O–H groups in total. The first-order valence-corrected chi connectivity index (χ1v) is 7.47. The lowest BCUT2D eigenvalue weighted by Crippen LogP contribution is -2.47. The second-order valence-corrected chi connectivity index (χ2v) is 6.22. The minimum Gasteiger partial charge on any atom is -0.497 e. The van der Waals surface area contributed by atoms with Gasteiger partial charge in [0.2, 0.25) is 0 Å². The molecule has 18 heavy (non-hydrogen) atoms. The van der Waals surface area contributed by atoms with E-state index in [1.807, 2.05) is 23.9 Å². The number of hydrazine groups is 1. The van der Waals surface area contributed by atoms with Crippen molar-refractivity contribution < 1.29 is 4.74 Å². The quantitative estimate of drug-likeness (QED) is 0.905. The van der Waals surface area contributed by atoms with Gasteiger partial charge in [-0.1, -0.05) is 26.0 Å². The zero-order valence-electron chi connectivity index (χ0n) is 11.3.